The Morgan fingerprint density at radius 1 is 1.22 bits per heavy atom. The van der Waals surface area contributed by atoms with Crippen LogP contribution in [0.5, 0.6) is 5.75 Å². The topological polar surface area (TPSA) is 21.3 Å². The molecule has 0 atom stereocenters. The van der Waals surface area contributed by atoms with Gasteiger partial charge in [0.15, 0.2) is 0 Å². The molecule has 1 aromatic carbocycles. The van der Waals surface area contributed by atoms with Gasteiger partial charge in [0.05, 0.1) is 6.61 Å². The minimum absolute atomic E-state index is 0.116. The molecule has 0 amide bonds. The molecule has 18 heavy (non-hydrogen) atoms. The zero-order valence-corrected chi connectivity index (χ0v) is 12.7. The fourth-order valence-corrected chi connectivity index (χ4v) is 2.17. The van der Waals surface area contributed by atoms with Crippen LogP contribution in [0.1, 0.15) is 44.4 Å². The van der Waals surface area contributed by atoms with Gasteiger partial charge in [-0.1, -0.05) is 38.5 Å². The summed E-state index contributed by atoms with van der Waals surface area (Å²) < 4.78 is 5.92. The molecule has 0 aromatic heterocycles. The third-order valence-electron chi connectivity index (χ3n) is 3.05. The largest absolute Gasteiger partial charge is 0.493 e. The lowest BCUT2D eigenvalue weighted by Gasteiger charge is -2.25. The van der Waals surface area contributed by atoms with Gasteiger partial charge >= 0.3 is 0 Å². The Balaban J connectivity index is 3.26. The molecule has 0 fully saturated rings. The van der Waals surface area contributed by atoms with E-state index in [0.717, 1.165) is 25.3 Å². The Morgan fingerprint density at radius 3 is 2.39 bits per heavy atom. The molecule has 2 nitrogen and oxygen atoms in total. The molecule has 0 saturated heterocycles. The summed E-state index contributed by atoms with van der Waals surface area (Å²) in [5, 5.41) is 3.21. The Kier molecular flexibility index (Phi) is 5.21. The first-order valence-electron chi connectivity index (χ1n) is 6.81. The smallest absolute Gasteiger partial charge is 0.126 e. The van der Waals surface area contributed by atoms with Crippen molar-refractivity contribution >= 4 is 0 Å². The number of rotatable bonds is 5. The minimum atomic E-state index is 0.116. The Hall–Kier alpha value is -1.02. The molecule has 0 aliphatic rings. The molecule has 1 N–H and O–H groups in total. The zero-order valence-electron chi connectivity index (χ0n) is 12.7. The van der Waals surface area contributed by atoms with Crippen molar-refractivity contribution in [3.63, 3.8) is 0 Å². The highest BCUT2D eigenvalue weighted by Crippen LogP contribution is 2.35. The minimum Gasteiger partial charge on any atom is -0.493 e. The summed E-state index contributed by atoms with van der Waals surface area (Å²) in [6, 6.07) is 4.51. The lowest BCUT2D eigenvalue weighted by atomic mass is 9.83. The highest BCUT2D eigenvalue weighted by molar-refractivity contribution is 5.48. The van der Waals surface area contributed by atoms with Gasteiger partial charge in [0.25, 0.3) is 0 Å². The van der Waals surface area contributed by atoms with Crippen molar-refractivity contribution in [3.05, 3.63) is 28.8 Å². The molecule has 0 unspecified atom stereocenters. The van der Waals surface area contributed by atoms with Gasteiger partial charge in [-0.2, -0.15) is 0 Å². The van der Waals surface area contributed by atoms with Crippen molar-refractivity contribution < 1.29 is 4.74 Å². The summed E-state index contributed by atoms with van der Waals surface area (Å²) in [5.41, 5.74) is 4.06. The van der Waals surface area contributed by atoms with E-state index in [9.17, 15) is 0 Å². The zero-order chi connectivity index (χ0) is 13.8. The van der Waals surface area contributed by atoms with E-state index in [1.807, 2.05) is 14.0 Å². The molecular weight excluding hydrogens is 222 g/mol. The van der Waals surface area contributed by atoms with Crippen LogP contribution >= 0.6 is 0 Å². The van der Waals surface area contributed by atoms with E-state index >= 15 is 0 Å². The average Bonchev–Trinajstić information content (AvgIpc) is 2.27. The molecule has 0 spiro atoms. The summed E-state index contributed by atoms with van der Waals surface area (Å²) in [6.07, 6.45) is 1.01. The number of benzene rings is 1. The van der Waals surface area contributed by atoms with Crippen LogP contribution in [-0.4, -0.2) is 20.2 Å². The van der Waals surface area contributed by atoms with Gasteiger partial charge in [0.1, 0.15) is 5.75 Å². The van der Waals surface area contributed by atoms with Crippen molar-refractivity contribution in [1.82, 2.24) is 5.32 Å². The van der Waals surface area contributed by atoms with Crippen molar-refractivity contribution in [1.29, 1.82) is 0 Å². The maximum Gasteiger partial charge on any atom is 0.126 e. The average molecular weight is 249 g/mol. The highest BCUT2D eigenvalue weighted by atomic mass is 16.5. The fourth-order valence-electron chi connectivity index (χ4n) is 2.17. The molecule has 0 bridgehead atoms. The fraction of sp³-hybridized carbons (Fsp3) is 0.625. The van der Waals surface area contributed by atoms with Gasteiger partial charge in [0, 0.05) is 5.56 Å². The summed E-state index contributed by atoms with van der Waals surface area (Å²) in [5.74, 6) is 1.09. The van der Waals surface area contributed by atoms with Crippen LogP contribution in [0.2, 0.25) is 0 Å². The predicted octanol–water partition coefficient (Wildman–Crippen LogP) is 3.45. The van der Waals surface area contributed by atoms with E-state index < -0.39 is 0 Å². The van der Waals surface area contributed by atoms with Crippen molar-refractivity contribution in [2.24, 2.45) is 0 Å². The molecule has 0 saturated carbocycles. The van der Waals surface area contributed by atoms with E-state index in [2.05, 4.69) is 45.1 Å². The molecule has 0 aliphatic carbocycles. The van der Waals surface area contributed by atoms with Gasteiger partial charge in [-0.3, -0.25) is 0 Å². The number of nitrogens with one attached hydrogen (secondary N) is 1. The van der Waals surface area contributed by atoms with E-state index in [-0.39, 0.29) is 5.41 Å². The Labute approximate surface area is 112 Å². The maximum atomic E-state index is 5.92. The van der Waals surface area contributed by atoms with Gasteiger partial charge in [-0.05, 0) is 44.8 Å². The van der Waals surface area contributed by atoms with E-state index in [4.69, 9.17) is 4.74 Å². The summed E-state index contributed by atoms with van der Waals surface area (Å²) in [4.78, 5) is 0. The second-order valence-electron chi connectivity index (χ2n) is 5.84. The van der Waals surface area contributed by atoms with Crippen LogP contribution in [0.3, 0.4) is 0 Å². The third-order valence-corrected chi connectivity index (χ3v) is 3.05. The molecule has 0 radical (unpaired) electrons. The SMILES string of the molecule is CCOc1c(CCNC)cc(C)cc1C(C)(C)C. The molecular formula is C16H27NO. The van der Waals surface area contributed by atoms with Gasteiger partial charge in [-0.25, -0.2) is 0 Å². The number of ether oxygens (including phenoxy) is 1. The van der Waals surface area contributed by atoms with Gasteiger partial charge in [0.2, 0.25) is 0 Å². The summed E-state index contributed by atoms with van der Waals surface area (Å²) >= 11 is 0. The monoisotopic (exact) mass is 249 g/mol. The van der Waals surface area contributed by atoms with Crippen molar-refractivity contribution in [2.75, 3.05) is 20.2 Å². The second-order valence-corrected chi connectivity index (χ2v) is 5.84. The quantitative estimate of drug-likeness (QED) is 0.863. The highest BCUT2D eigenvalue weighted by Gasteiger charge is 2.21. The van der Waals surface area contributed by atoms with Crippen LogP contribution in [0.25, 0.3) is 0 Å². The molecule has 2 heteroatoms. The Morgan fingerprint density at radius 2 is 1.89 bits per heavy atom. The molecule has 1 aromatic rings. The van der Waals surface area contributed by atoms with E-state index in [1.165, 1.54) is 16.7 Å². The van der Waals surface area contributed by atoms with Crippen LogP contribution in [0.15, 0.2) is 12.1 Å². The first-order chi connectivity index (χ1) is 8.40. The molecule has 102 valence electrons. The van der Waals surface area contributed by atoms with Crippen LogP contribution in [0.4, 0.5) is 0 Å². The summed E-state index contributed by atoms with van der Waals surface area (Å²) in [6.45, 7) is 12.6. The normalized spacial score (nSPS) is 11.7. The predicted molar refractivity (Wildman–Crippen MR) is 78.7 cm³/mol. The number of likely N-dealkylation sites (N-methyl/N-ethyl adjacent to an activating group) is 1. The molecule has 1 rings (SSSR count). The number of hydrogen-bond donors (Lipinski definition) is 1. The number of hydrogen-bond acceptors (Lipinski definition) is 2. The van der Waals surface area contributed by atoms with Crippen molar-refractivity contribution in [2.45, 2.75) is 46.5 Å². The second kappa shape index (κ2) is 6.24. The number of aryl methyl sites for hydroxylation is 1. The lowest BCUT2D eigenvalue weighted by Crippen LogP contribution is -2.17. The van der Waals surface area contributed by atoms with Crippen LogP contribution in [0, 0.1) is 6.92 Å². The van der Waals surface area contributed by atoms with Crippen molar-refractivity contribution in [3.8, 4) is 5.75 Å². The van der Waals surface area contributed by atoms with Gasteiger partial charge < -0.3 is 10.1 Å². The van der Waals surface area contributed by atoms with E-state index in [0.29, 0.717) is 0 Å². The maximum absolute atomic E-state index is 5.92. The Bertz CT molecular complexity index is 391. The molecule has 0 aliphatic heterocycles. The van der Waals surface area contributed by atoms with Crippen LogP contribution < -0.4 is 10.1 Å². The van der Waals surface area contributed by atoms with Crippen LogP contribution in [-0.2, 0) is 11.8 Å². The van der Waals surface area contributed by atoms with E-state index in [1.54, 1.807) is 0 Å². The van der Waals surface area contributed by atoms with Gasteiger partial charge in [-0.15, -0.1) is 0 Å². The third kappa shape index (κ3) is 3.74. The molecule has 0 heterocycles. The summed E-state index contributed by atoms with van der Waals surface area (Å²) in [7, 11) is 1.99. The first kappa shape index (κ1) is 15.0. The standard InChI is InChI=1S/C16H27NO/c1-7-18-15-13(8-9-17-6)10-12(2)11-14(15)16(3,4)5/h10-11,17H,7-9H2,1-6H3. The first-order valence-corrected chi connectivity index (χ1v) is 6.81. The lowest BCUT2D eigenvalue weighted by molar-refractivity contribution is 0.326.